The van der Waals surface area contributed by atoms with Crippen LogP contribution in [-0.4, -0.2) is 18.7 Å². The zero-order valence-corrected chi connectivity index (χ0v) is 7.62. The first-order valence-electron chi connectivity index (χ1n) is 4.90. The third kappa shape index (κ3) is 2.01. The summed E-state index contributed by atoms with van der Waals surface area (Å²) in [4.78, 5) is 0. The van der Waals surface area contributed by atoms with Crippen molar-refractivity contribution in [2.45, 2.75) is 38.3 Å². The van der Waals surface area contributed by atoms with Crippen molar-refractivity contribution in [1.29, 1.82) is 0 Å². The van der Waals surface area contributed by atoms with Gasteiger partial charge in [-0.3, -0.25) is 0 Å². The number of ether oxygens (including phenoxy) is 1. The molecule has 2 nitrogen and oxygen atoms in total. The first-order valence-corrected chi connectivity index (χ1v) is 4.90. The van der Waals surface area contributed by atoms with Crippen molar-refractivity contribution < 1.29 is 4.74 Å². The van der Waals surface area contributed by atoms with E-state index in [9.17, 15) is 0 Å². The highest BCUT2D eigenvalue weighted by Crippen LogP contribution is 2.29. The Labute approximate surface area is 74.0 Å². The molecule has 1 fully saturated rings. The van der Waals surface area contributed by atoms with Crippen LogP contribution in [0.4, 0.5) is 0 Å². The van der Waals surface area contributed by atoms with E-state index in [0.717, 1.165) is 18.5 Å². The molecule has 1 aliphatic carbocycles. The second-order valence-corrected chi connectivity index (χ2v) is 3.93. The molecule has 0 amide bonds. The van der Waals surface area contributed by atoms with E-state index in [2.05, 4.69) is 18.3 Å². The van der Waals surface area contributed by atoms with Gasteiger partial charge in [0.15, 0.2) is 0 Å². The molecular formula is C10H17NO. The Balaban J connectivity index is 1.63. The van der Waals surface area contributed by atoms with Gasteiger partial charge in [0.1, 0.15) is 6.10 Å². The van der Waals surface area contributed by atoms with Crippen LogP contribution < -0.4 is 5.32 Å². The molecule has 2 aliphatic rings. The normalized spacial score (nSPS) is 39.2. The minimum absolute atomic E-state index is 0.419. The van der Waals surface area contributed by atoms with Crippen LogP contribution in [0.15, 0.2) is 12.3 Å². The summed E-state index contributed by atoms with van der Waals surface area (Å²) in [5.74, 6) is 0.893. The minimum atomic E-state index is 0.419. The van der Waals surface area contributed by atoms with Gasteiger partial charge in [-0.05, 0) is 31.3 Å². The largest absolute Gasteiger partial charge is 0.497 e. The van der Waals surface area contributed by atoms with Crippen LogP contribution in [0.2, 0.25) is 0 Å². The van der Waals surface area contributed by atoms with Crippen molar-refractivity contribution in [1.82, 2.24) is 5.32 Å². The lowest BCUT2D eigenvalue weighted by atomic mass is 10.1. The van der Waals surface area contributed by atoms with Gasteiger partial charge in [-0.25, -0.2) is 0 Å². The maximum absolute atomic E-state index is 5.45. The molecule has 0 radical (unpaired) electrons. The molecular weight excluding hydrogens is 150 g/mol. The van der Waals surface area contributed by atoms with Crippen LogP contribution in [0.1, 0.15) is 26.2 Å². The van der Waals surface area contributed by atoms with E-state index >= 15 is 0 Å². The fourth-order valence-corrected chi connectivity index (χ4v) is 1.62. The highest BCUT2D eigenvalue weighted by atomic mass is 16.5. The molecule has 12 heavy (non-hydrogen) atoms. The van der Waals surface area contributed by atoms with Gasteiger partial charge >= 0.3 is 0 Å². The van der Waals surface area contributed by atoms with E-state index in [4.69, 9.17) is 4.74 Å². The van der Waals surface area contributed by atoms with Crippen LogP contribution in [0, 0.1) is 5.92 Å². The van der Waals surface area contributed by atoms with E-state index in [-0.39, 0.29) is 0 Å². The highest BCUT2D eigenvalue weighted by molar-refractivity contribution is 4.91. The van der Waals surface area contributed by atoms with Gasteiger partial charge in [-0.1, -0.05) is 6.92 Å². The third-order valence-corrected chi connectivity index (χ3v) is 2.74. The lowest BCUT2D eigenvalue weighted by molar-refractivity contribution is 0.122. The maximum Gasteiger partial charge on any atom is 0.110 e. The Bertz CT molecular complexity index is 179. The van der Waals surface area contributed by atoms with E-state index < -0.39 is 0 Å². The molecule has 0 saturated heterocycles. The molecule has 3 unspecified atom stereocenters. The maximum atomic E-state index is 5.45. The van der Waals surface area contributed by atoms with Gasteiger partial charge in [0.2, 0.25) is 0 Å². The van der Waals surface area contributed by atoms with E-state index in [1.165, 1.54) is 19.3 Å². The predicted molar refractivity (Wildman–Crippen MR) is 48.8 cm³/mol. The van der Waals surface area contributed by atoms with Crippen molar-refractivity contribution in [2.24, 2.45) is 5.92 Å². The van der Waals surface area contributed by atoms with Crippen molar-refractivity contribution in [2.75, 3.05) is 6.54 Å². The van der Waals surface area contributed by atoms with Gasteiger partial charge in [0.25, 0.3) is 0 Å². The molecule has 1 saturated carbocycles. The smallest absolute Gasteiger partial charge is 0.110 e. The summed E-state index contributed by atoms with van der Waals surface area (Å²) in [5.41, 5.74) is 0. The predicted octanol–water partition coefficient (Wildman–Crippen LogP) is 1.68. The summed E-state index contributed by atoms with van der Waals surface area (Å²) in [6.07, 6.45) is 8.05. The molecule has 1 N–H and O–H groups in total. The standard InChI is InChI=1S/C10H17NO/c1-8-6-10(8)11-7-9-4-2-3-5-12-9/h3,5,8-11H,2,4,6-7H2,1H3. The molecule has 0 aromatic rings. The average Bonchev–Trinajstić information content (AvgIpc) is 2.81. The molecule has 0 aromatic heterocycles. The Morgan fingerprint density at radius 1 is 1.58 bits per heavy atom. The first kappa shape index (κ1) is 8.11. The van der Waals surface area contributed by atoms with E-state index in [1.807, 2.05) is 6.26 Å². The fourth-order valence-electron chi connectivity index (χ4n) is 1.62. The number of rotatable bonds is 3. The van der Waals surface area contributed by atoms with Crippen molar-refractivity contribution in [3.63, 3.8) is 0 Å². The zero-order valence-electron chi connectivity index (χ0n) is 7.62. The Morgan fingerprint density at radius 2 is 2.42 bits per heavy atom. The molecule has 0 aromatic carbocycles. The Morgan fingerprint density at radius 3 is 3.00 bits per heavy atom. The molecule has 2 heteroatoms. The van der Waals surface area contributed by atoms with Gasteiger partial charge in [0.05, 0.1) is 6.26 Å². The molecule has 1 aliphatic heterocycles. The Kier molecular flexibility index (Phi) is 2.35. The molecule has 3 atom stereocenters. The topological polar surface area (TPSA) is 21.3 Å². The van der Waals surface area contributed by atoms with Crippen LogP contribution in [0.3, 0.4) is 0 Å². The number of allylic oxidation sites excluding steroid dienone is 1. The minimum Gasteiger partial charge on any atom is -0.497 e. The molecule has 0 spiro atoms. The second-order valence-electron chi connectivity index (χ2n) is 3.93. The van der Waals surface area contributed by atoms with Crippen LogP contribution in [0.5, 0.6) is 0 Å². The van der Waals surface area contributed by atoms with Crippen molar-refractivity contribution in [3.05, 3.63) is 12.3 Å². The quantitative estimate of drug-likeness (QED) is 0.690. The summed E-state index contributed by atoms with van der Waals surface area (Å²) >= 11 is 0. The molecule has 68 valence electrons. The monoisotopic (exact) mass is 167 g/mol. The van der Waals surface area contributed by atoms with Crippen molar-refractivity contribution >= 4 is 0 Å². The number of hydrogen-bond donors (Lipinski definition) is 1. The lowest BCUT2D eigenvalue weighted by Crippen LogP contribution is -2.31. The molecule has 1 heterocycles. The third-order valence-electron chi connectivity index (χ3n) is 2.74. The number of nitrogens with one attached hydrogen (secondary N) is 1. The van der Waals surface area contributed by atoms with E-state index in [0.29, 0.717) is 6.10 Å². The summed E-state index contributed by atoms with van der Waals surface area (Å²) in [7, 11) is 0. The number of hydrogen-bond acceptors (Lipinski definition) is 2. The van der Waals surface area contributed by atoms with E-state index in [1.54, 1.807) is 0 Å². The fraction of sp³-hybridized carbons (Fsp3) is 0.800. The van der Waals surface area contributed by atoms with Gasteiger partial charge in [-0.2, -0.15) is 0 Å². The van der Waals surface area contributed by atoms with Gasteiger partial charge in [-0.15, -0.1) is 0 Å². The summed E-state index contributed by atoms with van der Waals surface area (Å²) in [6, 6.07) is 0.777. The summed E-state index contributed by atoms with van der Waals surface area (Å²) < 4.78 is 5.45. The van der Waals surface area contributed by atoms with Gasteiger partial charge in [0, 0.05) is 12.6 Å². The van der Waals surface area contributed by atoms with Crippen molar-refractivity contribution in [3.8, 4) is 0 Å². The average molecular weight is 167 g/mol. The summed E-state index contributed by atoms with van der Waals surface area (Å²) in [6.45, 7) is 3.32. The van der Waals surface area contributed by atoms with Crippen LogP contribution >= 0.6 is 0 Å². The first-order chi connectivity index (χ1) is 5.86. The zero-order chi connectivity index (χ0) is 8.39. The second kappa shape index (κ2) is 3.48. The van der Waals surface area contributed by atoms with Gasteiger partial charge < -0.3 is 10.1 Å². The lowest BCUT2D eigenvalue weighted by Gasteiger charge is -2.19. The molecule has 2 rings (SSSR count). The molecule has 0 bridgehead atoms. The van der Waals surface area contributed by atoms with Crippen LogP contribution in [0.25, 0.3) is 0 Å². The highest BCUT2D eigenvalue weighted by Gasteiger charge is 2.32. The SMILES string of the molecule is CC1CC1NCC1CCC=CO1. The summed E-state index contributed by atoms with van der Waals surface area (Å²) in [5, 5.41) is 3.52. The Hall–Kier alpha value is -0.500. The van der Waals surface area contributed by atoms with Crippen LogP contribution in [-0.2, 0) is 4.74 Å².